The van der Waals surface area contributed by atoms with E-state index in [9.17, 15) is 9.59 Å². The molecule has 0 bridgehead atoms. The molecular formula is C21H22BrN3O3. The van der Waals surface area contributed by atoms with Gasteiger partial charge in [0.1, 0.15) is 5.75 Å². The third kappa shape index (κ3) is 4.98. The number of amides is 1. The Bertz CT molecular complexity index is 1030. The first-order chi connectivity index (χ1) is 13.6. The van der Waals surface area contributed by atoms with Crippen LogP contribution >= 0.6 is 15.9 Å². The van der Waals surface area contributed by atoms with Gasteiger partial charge in [-0.25, -0.2) is 4.98 Å². The predicted octanol–water partition coefficient (Wildman–Crippen LogP) is 4.37. The number of carbonyl (C=O) groups excluding carboxylic acids is 1. The van der Waals surface area contributed by atoms with Crippen molar-refractivity contribution in [2.45, 2.75) is 32.7 Å². The van der Waals surface area contributed by atoms with Gasteiger partial charge in [0.25, 0.3) is 5.56 Å². The number of fused-ring (bicyclic) bond motifs is 1. The van der Waals surface area contributed by atoms with E-state index in [0.29, 0.717) is 28.9 Å². The van der Waals surface area contributed by atoms with Gasteiger partial charge in [-0.15, -0.1) is 0 Å². The lowest BCUT2D eigenvalue weighted by Gasteiger charge is -2.12. The molecule has 0 unspecified atom stereocenters. The molecule has 6 nitrogen and oxygen atoms in total. The maximum atomic E-state index is 12.6. The van der Waals surface area contributed by atoms with E-state index in [1.54, 1.807) is 18.2 Å². The van der Waals surface area contributed by atoms with E-state index < -0.39 is 0 Å². The van der Waals surface area contributed by atoms with E-state index >= 15 is 0 Å². The van der Waals surface area contributed by atoms with Crippen LogP contribution in [0.1, 0.15) is 26.2 Å². The van der Waals surface area contributed by atoms with E-state index in [1.165, 1.54) is 10.9 Å². The van der Waals surface area contributed by atoms with Gasteiger partial charge < -0.3 is 10.1 Å². The Morgan fingerprint density at radius 2 is 2.07 bits per heavy atom. The van der Waals surface area contributed by atoms with E-state index in [2.05, 4.69) is 33.2 Å². The number of para-hydroxylation sites is 2. The normalized spacial score (nSPS) is 10.8. The summed E-state index contributed by atoms with van der Waals surface area (Å²) in [5.74, 6) is 0.464. The van der Waals surface area contributed by atoms with Crippen LogP contribution in [0.3, 0.4) is 0 Å². The molecule has 1 N–H and O–H groups in total. The van der Waals surface area contributed by atoms with Crippen molar-refractivity contribution in [2.75, 3.05) is 11.9 Å². The van der Waals surface area contributed by atoms with Gasteiger partial charge >= 0.3 is 0 Å². The van der Waals surface area contributed by atoms with Crippen molar-refractivity contribution >= 4 is 38.4 Å². The number of carbonyl (C=O) groups is 1. The highest BCUT2D eigenvalue weighted by molar-refractivity contribution is 9.10. The van der Waals surface area contributed by atoms with Gasteiger partial charge in [0.05, 0.1) is 29.5 Å². The van der Waals surface area contributed by atoms with Crippen molar-refractivity contribution in [3.05, 3.63) is 63.6 Å². The molecule has 0 saturated carbocycles. The number of anilines is 1. The first-order valence-corrected chi connectivity index (χ1v) is 10.0. The highest BCUT2D eigenvalue weighted by atomic mass is 79.9. The third-order valence-corrected chi connectivity index (χ3v) is 4.78. The molecule has 0 saturated heterocycles. The number of halogens is 1. The summed E-state index contributed by atoms with van der Waals surface area (Å²) in [6.07, 6.45) is 3.63. The lowest BCUT2D eigenvalue weighted by molar-refractivity contribution is -0.116. The maximum Gasteiger partial charge on any atom is 0.261 e. The van der Waals surface area contributed by atoms with E-state index in [1.807, 2.05) is 24.3 Å². The summed E-state index contributed by atoms with van der Waals surface area (Å²) in [6.45, 7) is 2.95. The molecule has 0 aliphatic heterocycles. The molecule has 7 heteroatoms. The number of hydrogen-bond donors (Lipinski definition) is 1. The summed E-state index contributed by atoms with van der Waals surface area (Å²) >= 11 is 3.37. The second-order valence-corrected chi connectivity index (χ2v) is 7.32. The molecule has 3 aromatic rings. The SMILES string of the molecule is CCCCOc1ccccc1NC(=O)CCn1cnc2ccc(Br)cc2c1=O. The molecule has 0 atom stereocenters. The molecule has 1 heterocycles. The van der Waals surface area contributed by atoms with Crippen LogP contribution in [0.5, 0.6) is 5.75 Å². The quantitative estimate of drug-likeness (QED) is 0.524. The lowest BCUT2D eigenvalue weighted by atomic mass is 10.2. The summed E-state index contributed by atoms with van der Waals surface area (Å²) in [6, 6.07) is 12.7. The molecule has 0 spiro atoms. The van der Waals surface area contributed by atoms with Crippen LogP contribution in [0, 0.1) is 0 Å². The number of unbranched alkanes of at least 4 members (excludes halogenated alkanes) is 1. The summed E-state index contributed by atoms with van der Waals surface area (Å²) in [5, 5.41) is 3.39. The first-order valence-electron chi connectivity index (χ1n) is 9.25. The Hall–Kier alpha value is -2.67. The fourth-order valence-electron chi connectivity index (χ4n) is 2.75. The lowest BCUT2D eigenvalue weighted by Crippen LogP contribution is -2.23. The second-order valence-electron chi connectivity index (χ2n) is 6.40. The number of benzene rings is 2. The summed E-state index contributed by atoms with van der Waals surface area (Å²) in [5.41, 5.74) is 1.10. The molecular weight excluding hydrogens is 422 g/mol. The number of aryl methyl sites for hydroxylation is 1. The Morgan fingerprint density at radius 1 is 1.25 bits per heavy atom. The van der Waals surface area contributed by atoms with Crippen molar-refractivity contribution in [3.8, 4) is 5.75 Å². The first kappa shape index (κ1) is 20.1. The molecule has 0 fully saturated rings. The Labute approximate surface area is 171 Å². The highest BCUT2D eigenvalue weighted by Crippen LogP contribution is 2.24. The maximum absolute atomic E-state index is 12.6. The van der Waals surface area contributed by atoms with Gasteiger partial charge in [-0.2, -0.15) is 0 Å². The van der Waals surface area contributed by atoms with Crippen LogP contribution < -0.4 is 15.6 Å². The second kappa shape index (κ2) is 9.50. The number of hydrogen-bond acceptors (Lipinski definition) is 4. The van der Waals surface area contributed by atoms with Crippen LogP contribution in [-0.4, -0.2) is 22.1 Å². The summed E-state index contributed by atoms with van der Waals surface area (Å²) in [4.78, 5) is 29.3. The zero-order chi connectivity index (χ0) is 19.9. The Morgan fingerprint density at radius 3 is 2.89 bits per heavy atom. The largest absolute Gasteiger partial charge is 0.491 e. The number of nitrogens with one attached hydrogen (secondary N) is 1. The monoisotopic (exact) mass is 443 g/mol. The predicted molar refractivity (Wildman–Crippen MR) is 114 cm³/mol. The minimum atomic E-state index is -0.187. The molecule has 0 radical (unpaired) electrons. The van der Waals surface area contributed by atoms with Gasteiger partial charge in [-0.05, 0) is 36.8 Å². The van der Waals surface area contributed by atoms with Crippen LogP contribution in [0.15, 0.2) is 58.1 Å². The van der Waals surface area contributed by atoms with Crippen molar-refractivity contribution < 1.29 is 9.53 Å². The van der Waals surface area contributed by atoms with Crippen LogP contribution in [0.25, 0.3) is 10.9 Å². The smallest absolute Gasteiger partial charge is 0.261 e. The van der Waals surface area contributed by atoms with Gasteiger partial charge in [-0.3, -0.25) is 14.2 Å². The van der Waals surface area contributed by atoms with Crippen LogP contribution in [-0.2, 0) is 11.3 Å². The highest BCUT2D eigenvalue weighted by Gasteiger charge is 2.10. The molecule has 146 valence electrons. The molecule has 28 heavy (non-hydrogen) atoms. The minimum absolute atomic E-state index is 0.157. The summed E-state index contributed by atoms with van der Waals surface area (Å²) in [7, 11) is 0. The third-order valence-electron chi connectivity index (χ3n) is 4.28. The average molecular weight is 444 g/mol. The standard InChI is InChI=1S/C21H22BrN3O3/c1-2-3-12-28-19-7-5-4-6-18(19)24-20(26)10-11-25-14-23-17-9-8-15(22)13-16(17)21(25)27/h4-9,13-14H,2-3,10-12H2,1H3,(H,24,26). The average Bonchev–Trinajstić information content (AvgIpc) is 2.69. The van der Waals surface area contributed by atoms with Crippen molar-refractivity contribution in [3.63, 3.8) is 0 Å². The molecule has 2 aromatic carbocycles. The van der Waals surface area contributed by atoms with Crippen LogP contribution in [0.2, 0.25) is 0 Å². The van der Waals surface area contributed by atoms with Crippen molar-refractivity contribution in [1.82, 2.24) is 9.55 Å². The van der Waals surface area contributed by atoms with Gasteiger partial charge in [0.2, 0.25) is 5.91 Å². The topological polar surface area (TPSA) is 73.2 Å². The Kier molecular flexibility index (Phi) is 6.81. The molecule has 3 rings (SSSR count). The minimum Gasteiger partial charge on any atom is -0.491 e. The molecule has 1 aromatic heterocycles. The molecule has 1 amide bonds. The van der Waals surface area contributed by atoms with E-state index in [0.717, 1.165) is 17.3 Å². The molecule has 0 aliphatic carbocycles. The summed E-state index contributed by atoms with van der Waals surface area (Å²) < 4.78 is 8.01. The fraction of sp³-hybridized carbons (Fsp3) is 0.286. The van der Waals surface area contributed by atoms with Crippen molar-refractivity contribution in [2.24, 2.45) is 0 Å². The number of ether oxygens (including phenoxy) is 1. The zero-order valence-corrected chi connectivity index (χ0v) is 17.2. The fourth-order valence-corrected chi connectivity index (χ4v) is 3.11. The number of nitrogens with zero attached hydrogens (tertiary/aromatic N) is 2. The Balaban J connectivity index is 1.66. The van der Waals surface area contributed by atoms with Gasteiger partial charge in [-0.1, -0.05) is 41.4 Å². The zero-order valence-electron chi connectivity index (χ0n) is 15.7. The van der Waals surface area contributed by atoms with Gasteiger partial charge in [0, 0.05) is 17.4 Å². The number of rotatable bonds is 8. The van der Waals surface area contributed by atoms with Gasteiger partial charge in [0.15, 0.2) is 0 Å². The van der Waals surface area contributed by atoms with E-state index in [4.69, 9.17) is 4.74 Å². The van der Waals surface area contributed by atoms with Crippen LogP contribution in [0.4, 0.5) is 5.69 Å². The number of aromatic nitrogens is 2. The van der Waals surface area contributed by atoms with E-state index in [-0.39, 0.29) is 24.4 Å². The van der Waals surface area contributed by atoms with Crippen molar-refractivity contribution in [1.29, 1.82) is 0 Å². The molecule has 0 aliphatic rings.